The minimum absolute atomic E-state index is 0.545. The maximum Gasteiger partial charge on any atom is 0.119 e. The Kier molecular flexibility index (Phi) is 10.7. The lowest BCUT2D eigenvalue weighted by atomic mass is 10.1. The molecule has 0 atom stereocenters. The molecule has 0 saturated carbocycles. The van der Waals surface area contributed by atoms with Crippen molar-refractivity contribution in [3.05, 3.63) is 71.8 Å². The van der Waals surface area contributed by atoms with Crippen LogP contribution in [0.3, 0.4) is 0 Å². The van der Waals surface area contributed by atoms with Gasteiger partial charge in [-0.15, -0.1) is 0 Å². The van der Waals surface area contributed by atoms with Crippen LogP contribution in [0.1, 0.15) is 11.1 Å². The molecule has 0 amide bonds. The summed E-state index contributed by atoms with van der Waals surface area (Å²) in [7, 11) is -2.36. The van der Waals surface area contributed by atoms with Crippen LogP contribution in [0, 0.1) is 0 Å². The molecule has 0 heterocycles. The molecule has 0 spiro atoms. The van der Waals surface area contributed by atoms with E-state index in [1.165, 1.54) is 11.1 Å². The molecule has 176 valence electrons. The van der Waals surface area contributed by atoms with E-state index in [-0.39, 0.29) is 0 Å². The van der Waals surface area contributed by atoms with Gasteiger partial charge in [0, 0.05) is 0 Å². The van der Waals surface area contributed by atoms with Gasteiger partial charge >= 0.3 is 0 Å². The van der Waals surface area contributed by atoms with Gasteiger partial charge in [-0.05, 0) is 73.5 Å². The summed E-state index contributed by atoms with van der Waals surface area (Å²) >= 11 is 0. The Morgan fingerprint density at radius 3 is 1.25 bits per heavy atom. The molecule has 0 aliphatic heterocycles. The molecule has 2 aromatic rings. The lowest BCUT2D eigenvalue weighted by Crippen LogP contribution is -2.42. The predicted octanol–water partition coefficient (Wildman–Crippen LogP) is 5.63. The van der Waals surface area contributed by atoms with Gasteiger partial charge in [-0.1, -0.05) is 63.5 Å². The van der Waals surface area contributed by atoms with Gasteiger partial charge in [0.25, 0.3) is 0 Å². The van der Waals surface area contributed by atoms with Crippen LogP contribution in [0.15, 0.2) is 60.7 Å². The SMILES string of the molecule is C[Si](C)(C)NCCc1ccc(OC/C=C/COc2ccc(CCN[Si](C)(C)C)cc2)cc1. The van der Waals surface area contributed by atoms with Crippen molar-refractivity contribution >= 4 is 16.5 Å². The predicted molar refractivity (Wildman–Crippen MR) is 143 cm³/mol. The second-order valence-electron chi connectivity index (χ2n) is 10.2. The van der Waals surface area contributed by atoms with Crippen LogP contribution in [0.25, 0.3) is 0 Å². The lowest BCUT2D eigenvalue weighted by molar-refractivity contribution is 0.350. The van der Waals surface area contributed by atoms with Gasteiger partial charge in [0.15, 0.2) is 0 Å². The number of nitrogens with one attached hydrogen (secondary N) is 2. The maximum atomic E-state index is 5.79. The molecule has 6 heteroatoms. The van der Waals surface area contributed by atoms with Gasteiger partial charge in [0.2, 0.25) is 0 Å². The fraction of sp³-hybridized carbons (Fsp3) is 0.462. The van der Waals surface area contributed by atoms with Crippen molar-refractivity contribution in [2.45, 2.75) is 52.1 Å². The number of hydrogen-bond acceptors (Lipinski definition) is 4. The van der Waals surface area contributed by atoms with Crippen LogP contribution in [-0.4, -0.2) is 42.8 Å². The Morgan fingerprint density at radius 2 is 0.938 bits per heavy atom. The summed E-state index contributed by atoms with van der Waals surface area (Å²) in [4.78, 5) is 7.30. The first-order valence-corrected chi connectivity index (χ1v) is 18.7. The molecular formula is C26H42N2O2Si2. The highest BCUT2D eigenvalue weighted by Crippen LogP contribution is 2.14. The molecular weight excluding hydrogens is 428 g/mol. The third kappa shape index (κ3) is 12.2. The highest BCUT2D eigenvalue weighted by Gasteiger charge is 2.11. The van der Waals surface area contributed by atoms with E-state index >= 15 is 0 Å². The van der Waals surface area contributed by atoms with Crippen molar-refractivity contribution in [3.8, 4) is 11.5 Å². The summed E-state index contributed by atoms with van der Waals surface area (Å²) in [6, 6.07) is 16.8. The standard InChI is InChI=1S/C26H42N2O2Si2/c1-31(2,3)27-19-17-23-9-13-25(14-10-23)29-21-7-8-22-30-26-15-11-24(12-16-26)18-20-28-32(4,5)6/h7-16,27-28H,17-22H2,1-6H3/b8-7+. The first-order chi connectivity index (χ1) is 15.1. The van der Waals surface area contributed by atoms with Gasteiger partial charge in [-0.2, -0.15) is 0 Å². The molecule has 2 rings (SSSR count). The van der Waals surface area contributed by atoms with E-state index in [4.69, 9.17) is 9.47 Å². The van der Waals surface area contributed by atoms with E-state index in [2.05, 4.69) is 97.8 Å². The largest absolute Gasteiger partial charge is 0.490 e. The molecule has 32 heavy (non-hydrogen) atoms. The summed E-state index contributed by atoms with van der Waals surface area (Å²) in [6.07, 6.45) is 6.11. The van der Waals surface area contributed by atoms with Gasteiger partial charge in [0.05, 0.1) is 0 Å². The average Bonchev–Trinajstić information content (AvgIpc) is 2.71. The van der Waals surface area contributed by atoms with Crippen molar-refractivity contribution < 1.29 is 9.47 Å². The average molecular weight is 471 g/mol. The molecule has 0 aliphatic rings. The van der Waals surface area contributed by atoms with Gasteiger partial charge < -0.3 is 19.4 Å². The summed E-state index contributed by atoms with van der Waals surface area (Å²) in [5.41, 5.74) is 2.68. The highest BCUT2D eigenvalue weighted by molar-refractivity contribution is 6.73. The molecule has 0 aromatic heterocycles. The summed E-state index contributed by atoms with van der Waals surface area (Å²) in [6.45, 7) is 17.1. The zero-order valence-electron chi connectivity index (χ0n) is 20.8. The van der Waals surface area contributed by atoms with Crippen LogP contribution in [0.4, 0.5) is 0 Å². The number of hydrogen-bond donors (Lipinski definition) is 2. The zero-order chi connectivity index (χ0) is 23.5. The minimum Gasteiger partial charge on any atom is -0.490 e. The van der Waals surface area contributed by atoms with Gasteiger partial charge in [-0.25, -0.2) is 0 Å². The van der Waals surface area contributed by atoms with Crippen molar-refractivity contribution in [3.63, 3.8) is 0 Å². The van der Waals surface area contributed by atoms with Crippen LogP contribution in [0.5, 0.6) is 11.5 Å². The van der Waals surface area contributed by atoms with Gasteiger partial charge in [0.1, 0.15) is 41.2 Å². The zero-order valence-corrected chi connectivity index (χ0v) is 22.8. The number of benzene rings is 2. The third-order valence-corrected chi connectivity index (χ3v) is 7.47. The number of ether oxygens (including phenoxy) is 2. The normalized spacial score (nSPS) is 12.3. The van der Waals surface area contributed by atoms with Gasteiger partial charge in [-0.3, -0.25) is 0 Å². The molecule has 0 radical (unpaired) electrons. The molecule has 0 fully saturated rings. The van der Waals surface area contributed by atoms with E-state index in [0.717, 1.165) is 37.4 Å². The molecule has 4 nitrogen and oxygen atoms in total. The first-order valence-electron chi connectivity index (χ1n) is 11.7. The lowest BCUT2D eigenvalue weighted by Gasteiger charge is -2.17. The monoisotopic (exact) mass is 470 g/mol. The smallest absolute Gasteiger partial charge is 0.119 e. The molecule has 0 bridgehead atoms. The summed E-state index contributed by atoms with van der Waals surface area (Å²) in [5.74, 6) is 1.80. The molecule has 2 aromatic carbocycles. The topological polar surface area (TPSA) is 42.5 Å². The van der Waals surface area contributed by atoms with E-state index in [1.807, 2.05) is 12.2 Å². The maximum absolute atomic E-state index is 5.79. The van der Waals surface area contributed by atoms with Crippen LogP contribution >= 0.6 is 0 Å². The van der Waals surface area contributed by atoms with Crippen molar-refractivity contribution in [1.29, 1.82) is 0 Å². The summed E-state index contributed by atoms with van der Waals surface area (Å²) < 4.78 is 11.6. The van der Waals surface area contributed by atoms with Crippen molar-refractivity contribution in [2.24, 2.45) is 0 Å². The fourth-order valence-corrected chi connectivity index (χ4v) is 4.84. The highest BCUT2D eigenvalue weighted by atomic mass is 28.3. The number of rotatable bonds is 14. The minimum atomic E-state index is -1.18. The van der Waals surface area contributed by atoms with E-state index < -0.39 is 16.5 Å². The Morgan fingerprint density at radius 1 is 0.594 bits per heavy atom. The Hall–Kier alpha value is -1.87. The van der Waals surface area contributed by atoms with Crippen LogP contribution in [-0.2, 0) is 12.8 Å². The first kappa shape index (κ1) is 26.4. The van der Waals surface area contributed by atoms with Crippen molar-refractivity contribution in [1.82, 2.24) is 9.96 Å². The van der Waals surface area contributed by atoms with Crippen molar-refractivity contribution in [2.75, 3.05) is 26.3 Å². The second-order valence-corrected chi connectivity index (χ2v) is 19.9. The Labute approximate surface area is 197 Å². The molecule has 2 N–H and O–H groups in total. The van der Waals surface area contributed by atoms with E-state index in [9.17, 15) is 0 Å². The van der Waals surface area contributed by atoms with Crippen LogP contribution in [0.2, 0.25) is 39.3 Å². The fourth-order valence-electron chi connectivity index (χ4n) is 3.09. The Bertz CT molecular complexity index is 738. The molecule has 0 aliphatic carbocycles. The Balaban J connectivity index is 1.61. The van der Waals surface area contributed by atoms with E-state index in [0.29, 0.717) is 13.2 Å². The quantitative estimate of drug-likeness (QED) is 0.277. The third-order valence-electron chi connectivity index (χ3n) is 4.84. The van der Waals surface area contributed by atoms with E-state index in [1.54, 1.807) is 0 Å². The molecule has 0 saturated heterocycles. The second kappa shape index (κ2) is 13.0. The molecule has 0 unspecified atom stereocenters. The van der Waals surface area contributed by atoms with Crippen LogP contribution < -0.4 is 19.4 Å². The summed E-state index contributed by atoms with van der Waals surface area (Å²) in [5, 5.41) is 0.